The highest BCUT2D eigenvalue weighted by molar-refractivity contribution is 5.51. The summed E-state index contributed by atoms with van der Waals surface area (Å²) in [6.07, 6.45) is 0. The van der Waals surface area contributed by atoms with E-state index < -0.39 is 0 Å². The van der Waals surface area contributed by atoms with Crippen LogP contribution in [-0.2, 0) is 0 Å². The lowest BCUT2D eigenvalue weighted by molar-refractivity contribution is 0.271. The predicted octanol–water partition coefficient (Wildman–Crippen LogP) is 2.23. The van der Waals surface area contributed by atoms with Crippen molar-refractivity contribution in [3.8, 4) is 5.75 Å². The van der Waals surface area contributed by atoms with Gasteiger partial charge in [0.25, 0.3) is 0 Å². The molecule has 1 aromatic carbocycles. The van der Waals surface area contributed by atoms with Crippen molar-refractivity contribution in [3.63, 3.8) is 0 Å². The van der Waals surface area contributed by atoms with Crippen LogP contribution in [0.1, 0.15) is 13.8 Å². The molecule has 0 bridgehead atoms. The topological polar surface area (TPSA) is 15.7 Å². The monoisotopic (exact) mass is 234 g/mol. The van der Waals surface area contributed by atoms with Gasteiger partial charge >= 0.3 is 0 Å². The van der Waals surface area contributed by atoms with Crippen LogP contribution in [-0.4, -0.2) is 44.2 Å². The summed E-state index contributed by atoms with van der Waals surface area (Å²) in [5.74, 6) is 0.975. The van der Waals surface area contributed by atoms with Crippen LogP contribution < -0.4 is 9.64 Å². The van der Waals surface area contributed by atoms with E-state index in [4.69, 9.17) is 4.74 Å². The molecule has 3 heteroatoms. The second kappa shape index (κ2) is 5.92. The van der Waals surface area contributed by atoms with E-state index in [0.29, 0.717) is 0 Å². The lowest BCUT2D eigenvalue weighted by Crippen LogP contribution is -2.46. The number of anilines is 1. The Morgan fingerprint density at radius 2 is 1.88 bits per heavy atom. The minimum atomic E-state index is 0.729. The van der Waals surface area contributed by atoms with E-state index in [1.165, 1.54) is 5.69 Å². The van der Waals surface area contributed by atoms with E-state index in [-0.39, 0.29) is 0 Å². The van der Waals surface area contributed by atoms with Crippen LogP contribution in [0.2, 0.25) is 0 Å². The summed E-state index contributed by atoms with van der Waals surface area (Å²) < 4.78 is 5.54. The molecular formula is C14H22N2O. The lowest BCUT2D eigenvalue weighted by atomic mass is 10.2. The van der Waals surface area contributed by atoms with E-state index >= 15 is 0 Å². The van der Waals surface area contributed by atoms with Crippen molar-refractivity contribution in [2.24, 2.45) is 0 Å². The Kier molecular flexibility index (Phi) is 4.26. The summed E-state index contributed by atoms with van der Waals surface area (Å²) in [6.45, 7) is 10.7. The van der Waals surface area contributed by atoms with Gasteiger partial charge in [0.15, 0.2) is 0 Å². The number of hydrogen-bond donors (Lipinski definition) is 0. The molecule has 3 nitrogen and oxygen atoms in total. The number of ether oxygens (including phenoxy) is 1. The smallest absolute Gasteiger partial charge is 0.121 e. The minimum Gasteiger partial charge on any atom is -0.494 e. The first-order valence-electron chi connectivity index (χ1n) is 6.53. The summed E-state index contributed by atoms with van der Waals surface area (Å²) in [6, 6.07) is 8.41. The molecule has 0 atom stereocenters. The number of benzene rings is 1. The Balaban J connectivity index is 2.00. The molecule has 0 saturated carbocycles. The van der Waals surface area contributed by atoms with Crippen molar-refractivity contribution in [2.75, 3.05) is 44.2 Å². The first kappa shape index (κ1) is 12.2. The van der Waals surface area contributed by atoms with Gasteiger partial charge in [-0.1, -0.05) is 13.0 Å². The van der Waals surface area contributed by atoms with Crippen molar-refractivity contribution < 1.29 is 4.74 Å². The largest absolute Gasteiger partial charge is 0.494 e. The highest BCUT2D eigenvalue weighted by atomic mass is 16.5. The SMILES string of the molecule is CCOc1cccc(N2CCN(CC)CC2)c1. The maximum Gasteiger partial charge on any atom is 0.121 e. The number of likely N-dealkylation sites (N-methyl/N-ethyl adjacent to an activating group) is 1. The molecule has 1 saturated heterocycles. The molecule has 1 aromatic rings. The van der Waals surface area contributed by atoms with Crippen LogP contribution in [0.4, 0.5) is 5.69 Å². The molecule has 17 heavy (non-hydrogen) atoms. The number of hydrogen-bond acceptors (Lipinski definition) is 3. The molecule has 1 aliphatic rings. The zero-order valence-corrected chi connectivity index (χ0v) is 10.9. The van der Waals surface area contributed by atoms with Crippen LogP contribution in [0.25, 0.3) is 0 Å². The van der Waals surface area contributed by atoms with Crippen molar-refractivity contribution in [2.45, 2.75) is 13.8 Å². The van der Waals surface area contributed by atoms with Gasteiger partial charge in [0.1, 0.15) is 5.75 Å². The van der Waals surface area contributed by atoms with E-state index in [1.807, 2.05) is 13.0 Å². The molecule has 2 rings (SSSR count). The Morgan fingerprint density at radius 3 is 2.53 bits per heavy atom. The van der Waals surface area contributed by atoms with Gasteiger partial charge in [-0.2, -0.15) is 0 Å². The minimum absolute atomic E-state index is 0.729. The first-order valence-corrected chi connectivity index (χ1v) is 6.53. The predicted molar refractivity (Wildman–Crippen MR) is 71.9 cm³/mol. The van der Waals surface area contributed by atoms with Gasteiger partial charge in [-0.25, -0.2) is 0 Å². The summed E-state index contributed by atoms with van der Waals surface area (Å²) in [4.78, 5) is 4.93. The number of piperazine rings is 1. The van der Waals surface area contributed by atoms with Crippen LogP contribution in [0, 0.1) is 0 Å². The van der Waals surface area contributed by atoms with Gasteiger partial charge in [0.05, 0.1) is 6.61 Å². The van der Waals surface area contributed by atoms with Gasteiger partial charge in [-0.05, 0) is 25.6 Å². The fourth-order valence-corrected chi connectivity index (χ4v) is 2.26. The lowest BCUT2D eigenvalue weighted by Gasteiger charge is -2.35. The normalized spacial score (nSPS) is 17.2. The molecular weight excluding hydrogens is 212 g/mol. The third-order valence-electron chi connectivity index (χ3n) is 3.31. The van der Waals surface area contributed by atoms with Gasteiger partial charge in [0.2, 0.25) is 0 Å². The van der Waals surface area contributed by atoms with Crippen molar-refractivity contribution in [1.82, 2.24) is 4.90 Å². The quantitative estimate of drug-likeness (QED) is 0.794. The maximum atomic E-state index is 5.54. The van der Waals surface area contributed by atoms with Crippen molar-refractivity contribution >= 4 is 5.69 Å². The summed E-state index contributed by atoms with van der Waals surface area (Å²) >= 11 is 0. The van der Waals surface area contributed by atoms with E-state index in [2.05, 4.69) is 34.9 Å². The highest BCUT2D eigenvalue weighted by Crippen LogP contribution is 2.22. The molecule has 0 unspecified atom stereocenters. The Morgan fingerprint density at radius 1 is 1.12 bits per heavy atom. The van der Waals surface area contributed by atoms with Crippen LogP contribution in [0.15, 0.2) is 24.3 Å². The Hall–Kier alpha value is -1.22. The summed E-state index contributed by atoms with van der Waals surface area (Å²) in [5, 5.41) is 0. The molecule has 0 spiro atoms. The van der Waals surface area contributed by atoms with Gasteiger partial charge in [-0.3, -0.25) is 0 Å². The average molecular weight is 234 g/mol. The molecule has 0 aromatic heterocycles. The van der Waals surface area contributed by atoms with Crippen molar-refractivity contribution in [1.29, 1.82) is 0 Å². The van der Waals surface area contributed by atoms with Crippen molar-refractivity contribution in [3.05, 3.63) is 24.3 Å². The first-order chi connectivity index (χ1) is 8.33. The fraction of sp³-hybridized carbons (Fsp3) is 0.571. The molecule has 94 valence electrons. The number of nitrogens with zero attached hydrogens (tertiary/aromatic N) is 2. The van der Waals surface area contributed by atoms with E-state index in [1.54, 1.807) is 0 Å². The second-order valence-corrected chi connectivity index (χ2v) is 4.35. The molecule has 1 aliphatic heterocycles. The van der Waals surface area contributed by atoms with Crippen LogP contribution in [0.5, 0.6) is 5.75 Å². The number of rotatable bonds is 4. The Labute approximate surface area is 104 Å². The average Bonchev–Trinajstić information content (AvgIpc) is 2.40. The van der Waals surface area contributed by atoms with Gasteiger partial charge < -0.3 is 14.5 Å². The molecule has 1 heterocycles. The second-order valence-electron chi connectivity index (χ2n) is 4.35. The molecule has 0 N–H and O–H groups in total. The van der Waals surface area contributed by atoms with Gasteiger partial charge in [-0.15, -0.1) is 0 Å². The third-order valence-corrected chi connectivity index (χ3v) is 3.31. The van der Waals surface area contributed by atoms with E-state index in [0.717, 1.165) is 45.1 Å². The maximum absolute atomic E-state index is 5.54. The highest BCUT2D eigenvalue weighted by Gasteiger charge is 2.15. The zero-order valence-electron chi connectivity index (χ0n) is 10.9. The molecule has 0 radical (unpaired) electrons. The van der Waals surface area contributed by atoms with Crippen LogP contribution >= 0.6 is 0 Å². The van der Waals surface area contributed by atoms with Gasteiger partial charge in [0, 0.05) is 37.9 Å². The molecule has 1 fully saturated rings. The summed E-state index contributed by atoms with van der Waals surface area (Å²) in [5.41, 5.74) is 1.28. The standard InChI is InChI=1S/C14H22N2O/c1-3-15-8-10-16(11-9-15)13-6-5-7-14(12-13)17-4-2/h5-7,12H,3-4,8-11H2,1-2H3. The Bertz CT molecular complexity index is 346. The summed E-state index contributed by atoms with van der Waals surface area (Å²) in [7, 11) is 0. The molecule has 0 aliphatic carbocycles. The van der Waals surface area contributed by atoms with E-state index in [9.17, 15) is 0 Å². The zero-order chi connectivity index (χ0) is 12.1. The third kappa shape index (κ3) is 3.13. The molecule has 0 amide bonds. The fourth-order valence-electron chi connectivity index (χ4n) is 2.26. The van der Waals surface area contributed by atoms with Crippen LogP contribution in [0.3, 0.4) is 0 Å².